The maximum absolute atomic E-state index is 10.6. The highest BCUT2D eigenvalue weighted by atomic mass is 31.2. The molecule has 0 aromatic rings. The fourth-order valence-corrected chi connectivity index (χ4v) is 1.05. The number of hydrogen-bond donors (Lipinski definition) is 6. The highest BCUT2D eigenvalue weighted by molar-refractivity contribution is 7.46. The summed E-state index contributed by atoms with van der Waals surface area (Å²) in [4.78, 5) is 27.0. The first-order valence-corrected chi connectivity index (χ1v) is 5.13. The van der Waals surface area contributed by atoms with Gasteiger partial charge in [-0.1, -0.05) is 0 Å². The molecule has 0 heterocycles. The summed E-state index contributed by atoms with van der Waals surface area (Å²) in [5.41, 5.74) is 0. The highest BCUT2D eigenvalue weighted by Gasteiger charge is 2.34. The third kappa shape index (κ3) is 5.30. The normalized spacial score (nSPS) is 18.3. The van der Waals surface area contributed by atoms with Crippen molar-refractivity contribution in [1.29, 1.82) is 0 Å². The largest absolute Gasteiger partial charge is 0.472 e. The third-order valence-corrected chi connectivity index (χ3v) is 1.84. The van der Waals surface area contributed by atoms with Gasteiger partial charge in [0.05, 0.1) is 0 Å². The van der Waals surface area contributed by atoms with Crippen molar-refractivity contribution in [1.82, 2.24) is 0 Å². The van der Waals surface area contributed by atoms with E-state index in [-0.39, 0.29) is 0 Å². The van der Waals surface area contributed by atoms with Crippen molar-refractivity contribution >= 4 is 13.6 Å². The van der Waals surface area contributed by atoms with Gasteiger partial charge in [0.1, 0.15) is 18.8 Å². The van der Waals surface area contributed by atoms with Gasteiger partial charge < -0.3 is 30.2 Å². The Morgan fingerprint density at radius 3 is 2.07 bits per heavy atom. The predicted molar refractivity (Wildman–Crippen MR) is 43.2 cm³/mol. The molecule has 0 rings (SSSR count). The molecular formula is C5H11O9P. The van der Waals surface area contributed by atoms with Crippen LogP contribution in [0.3, 0.4) is 0 Å². The summed E-state index contributed by atoms with van der Waals surface area (Å²) in [6, 6.07) is 0. The zero-order valence-corrected chi connectivity index (χ0v) is 8.19. The van der Waals surface area contributed by atoms with Crippen molar-refractivity contribution in [2.24, 2.45) is 0 Å². The third-order valence-electron chi connectivity index (χ3n) is 1.35. The fraction of sp³-hybridized carbons (Fsp3) is 0.800. The van der Waals surface area contributed by atoms with Crippen LogP contribution >= 0.6 is 7.82 Å². The molecule has 0 aliphatic heterocycles. The minimum absolute atomic E-state index is 1.10. The molecule has 9 nitrogen and oxygen atoms in total. The Morgan fingerprint density at radius 1 is 1.27 bits per heavy atom. The molecule has 0 bridgehead atoms. The van der Waals surface area contributed by atoms with E-state index < -0.39 is 38.7 Å². The first-order valence-electron chi connectivity index (χ1n) is 3.60. The van der Waals surface area contributed by atoms with E-state index in [4.69, 9.17) is 30.2 Å². The second-order valence-corrected chi connectivity index (χ2v) is 3.74. The molecule has 6 N–H and O–H groups in total. The van der Waals surface area contributed by atoms with Gasteiger partial charge in [-0.2, -0.15) is 0 Å². The van der Waals surface area contributed by atoms with Gasteiger partial charge in [0.25, 0.3) is 0 Å². The molecule has 0 aromatic heterocycles. The number of aliphatic hydroxyl groups is 4. The van der Waals surface area contributed by atoms with Gasteiger partial charge in [0.2, 0.25) is 0 Å². The topological polar surface area (TPSA) is 165 Å². The number of rotatable bonds is 6. The Labute approximate surface area is 83.8 Å². The van der Waals surface area contributed by atoms with Crippen molar-refractivity contribution < 1.29 is 44.1 Å². The first kappa shape index (κ1) is 14.6. The minimum Gasteiger partial charge on any atom is -0.388 e. The molecule has 3 atom stereocenters. The molecule has 0 amide bonds. The zero-order valence-electron chi connectivity index (χ0n) is 7.29. The standard InChI is InChI=1S/C5H11O9P/c6-1-2(7)3(8)4(9)5(10)14-15(11,12)13/h3-6,8-10H,1H2,(H2,11,12,13)/t3-,4-,5?/m1/s1. The van der Waals surface area contributed by atoms with Gasteiger partial charge in [-0.25, -0.2) is 4.57 Å². The molecule has 0 saturated heterocycles. The minimum atomic E-state index is -5.05. The fourth-order valence-electron chi connectivity index (χ4n) is 0.643. The van der Waals surface area contributed by atoms with Crippen LogP contribution in [0.25, 0.3) is 0 Å². The number of carbonyl (C=O) groups is 1. The van der Waals surface area contributed by atoms with Crippen LogP contribution in [0.1, 0.15) is 0 Å². The van der Waals surface area contributed by atoms with E-state index in [9.17, 15) is 9.36 Å². The first-order chi connectivity index (χ1) is 6.69. The number of Topliss-reactive ketones (excluding diaryl/α,β-unsaturated/α-hetero) is 1. The summed E-state index contributed by atoms with van der Waals surface area (Å²) in [5, 5.41) is 34.9. The second-order valence-electron chi connectivity index (χ2n) is 2.55. The lowest BCUT2D eigenvalue weighted by atomic mass is 10.1. The summed E-state index contributed by atoms with van der Waals surface area (Å²) in [7, 11) is -5.05. The molecule has 0 radical (unpaired) electrons. The monoisotopic (exact) mass is 246 g/mol. The molecule has 0 saturated carbocycles. The summed E-state index contributed by atoms with van der Waals surface area (Å²) in [5.74, 6) is -1.23. The van der Waals surface area contributed by atoms with Gasteiger partial charge in [0.15, 0.2) is 12.1 Å². The molecule has 10 heteroatoms. The molecule has 1 unspecified atom stereocenters. The number of phosphoric acid groups is 1. The van der Waals surface area contributed by atoms with Crippen molar-refractivity contribution in [2.45, 2.75) is 18.5 Å². The van der Waals surface area contributed by atoms with E-state index in [1.54, 1.807) is 0 Å². The van der Waals surface area contributed by atoms with E-state index in [0.29, 0.717) is 0 Å². The van der Waals surface area contributed by atoms with Crippen molar-refractivity contribution in [3.05, 3.63) is 0 Å². The van der Waals surface area contributed by atoms with Crippen molar-refractivity contribution in [2.75, 3.05) is 6.61 Å². The summed E-state index contributed by atoms with van der Waals surface area (Å²) >= 11 is 0. The molecular weight excluding hydrogens is 235 g/mol. The predicted octanol–water partition coefficient (Wildman–Crippen LogP) is -3.30. The maximum atomic E-state index is 10.6. The van der Waals surface area contributed by atoms with Crippen LogP contribution < -0.4 is 0 Å². The molecule has 0 aliphatic carbocycles. The maximum Gasteiger partial charge on any atom is 0.472 e. The Kier molecular flexibility index (Phi) is 5.49. The van der Waals surface area contributed by atoms with Crippen LogP contribution in [0.4, 0.5) is 0 Å². The average molecular weight is 246 g/mol. The van der Waals surface area contributed by atoms with Crippen LogP contribution in [-0.4, -0.2) is 61.1 Å². The number of aliphatic hydroxyl groups excluding tert-OH is 4. The van der Waals surface area contributed by atoms with Crippen LogP contribution in [0.5, 0.6) is 0 Å². The van der Waals surface area contributed by atoms with E-state index in [1.807, 2.05) is 0 Å². The quantitative estimate of drug-likeness (QED) is 0.208. The second kappa shape index (κ2) is 5.64. The highest BCUT2D eigenvalue weighted by Crippen LogP contribution is 2.37. The van der Waals surface area contributed by atoms with Gasteiger partial charge in [-0.05, 0) is 0 Å². The molecule has 90 valence electrons. The van der Waals surface area contributed by atoms with Gasteiger partial charge in [-0.3, -0.25) is 9.32 Å². The van der Waals surface area contributed by atoms with Gasteiger partial charge >= 0.3 is 7.82 Å². The lowest BCUT2D eigenvalue weighted by Gasteiger charge is -2.21. The lowest BCUT2D eigenvalue weighted by Crippen LogP contribution is -2.44. The van der Waals surface area contributed by atoms with Crippen LogP contribution in [0, 0.1) is 0 Å². The number of hydrogen-bond acceptors (Lipinski definition) is 7. The molecule has 0 fully saturated rings. The SMILES string of the molecule is O=C(CO)[C@@H](O)[C@@H](O)C(O)OP(=O)(O)O. The average Bonchev–Trinajstić information content (AvgIpc) is 2.11. The number of phosphoric ester groups is 1. The summed E-state index contributed by atoms with van der Waals surface area (Å²) in [6.45, 7) is -1.10. The zero-order chi connectivity index (χ0) is 12.2. The molecule has 0 spiro atoms. The van der Waals surface area contributed by atoms with E-state index in [1.165, 1.54) is 0 Å². The summed E-state index contributed by atoms with van der Waals surface area (Å²) < 4.78 is 13.8. The lowest BCUT2D eigenvalue weighted by molar-refractivity contribution is -0.165. The van der Waals surface area contributed by atoms with E-state index in [2.05, 4.69) is 4.52 Å². The smallest absolute Gasteiger partial charge is 0.388 e. The Hall–Kier alpha value is -0.380. The van der Waals surface area contributed by atoms with E-state index in [0.717, 1.165) is 0 Å². The van der Waals surface area contributed by atoms with E-state index >= 15 is 0 Å². The number of ketones is 1. The summed E-state index contributed by atoms with van der Waals surface area (Å²) in [6.07, 6.45) is -6.91. The molecule has 15 heavy (non-hydrogen) atoms. The van der Waals surface area contributed by atoms with Crippen LogP contribution in [-0.2, 0) is 13.9 Å². The van der Waals surface area contributed by atoms with Crippen molar-refractivity contribution in [3.63, 3.8) is 0 Å². The van der Waals surface area contributed by atoms with Crippen molar-refractivity contribution in [3.8, 4) is 0 Å². The van der Waals surface area contributed by atoms with Crippen LogP contribution in [0.15, 0.2) is 0 Å². The van der Waals surface area contributed by atoms with Gasteiger partial charge in [0, 0.05) is 0 Å². The number of carbonyl (C=O) groups excluding carboxylic acids is 1. The van der Waals surface area contributed by atoms with Gasteiger partial charge in [-0.15, -0.1) is 0 Å². The Balaban J connectivity index is 4.38. The molecule has 0 aliphatic rings. The van der Waals surface area contributed by atoms with Crippen LogP contribution in [0.2, 0.25) is 0 Å². The Bertz CT molecular complexity index is 259. The molecule has 0 aromatic carbocycles. The Morgan fingerprint density at radius 2 is 1.73 bits per heavy atom.